The monoisotopic (exact) mass is 713 g/mol. The number of ether oxygens (including phenoxy) is 6. The van der Waals surface area contributed by atoms with E-state index in [2.05, 4.69) is 0 Å². The Kier molecular flexibility index (Phi) is 14.6. The van der Waals surface area contributed by atoms with Crippen LogP contribution < -0.4 is 28.7 Å². The van der Waals surface area contributed by atoms with Crippen LogP contribution in [0.15, 0.2) is 0 Å². The first kappa shape index (κ1) is 40.5. The molecule has 4 aliphatic rings. The molecule has 47 heavy (non-hydrogen) atoms. The Hall–Kier alpha value is -0.890. The van der Waals surface area contributed by atoms with Gasteiger partial charge in [0.1, 0.15) is 67.1 Å². The number of aliphatic hydroxyl groups excluding tert-OH is 8. The minimum atomic E-state index is -4.67. The van der Waals surface area contributed by atoms with E-state index in [1.807, 2.05) is 0 Å². The first-order chi connectivity index (χ1) is 21.8. The molecule has 3 saturated heterocycles. The van der Waals surface area contributed by atoms with E-state index in [-0.39, 0.29) is 13.0 Å². The quantitative estimate of drug-likeness (QED) is 0.0986. The number of hydrogen-bond donors (Lipinski definition) is 15. The molecule has 20 N–H and O–H groups in total. The van der Waals surface area contributed by atoms with Crippen molar-refractivity contribution in [3.63, 3.8) is 0 Å². The number of nitrogens with two attached hydrogens (primary N) is 5. The largest absolute Gasteiger partial charge is 0.394 e. The highest BCUT2D eigenvalue weighted by molar-refractivity contribution is 7.79. The van der Waals surface area contributed by atoms with E-state index in [1.54, 1.807) is 0 Å². The van der Waals surface area contributed by atoms with Crippen LogP contribution >= 0.6 is 0 Å². The van der Waals surface area contributed by atoms with Gasteiger partial charge in [-0.15, -0.1) is 0 Å². The Labute approximate surface area is 268 Å². The van der Waals surface area contributed by atoms with Crippen molar-refractivity contribution in [2.45, 2.75) is 123 Å². The SMILES string of the molecule is NCC1O[C@@H](O[C@H]2C(O)C(O[C@@H]3C(O[C@H]4OC(CO)C(O)C(O)C4N)C(N)CC(N)[C@H]3O)O[C@@H]2CO)C(N)C(O)C1O.O=S(=O)(O)O. The van der Waals surface area contributed by atoms with Crippen molar-refractivity contribution in [1.29, 1.82) is 0 Å². The van der Waals surface area contributed by atoms with Gasteiger partial charge in [0.2, 0.25) is 0 Å². The fourth-order valence-corrected chi connectivity index (χ4v) is 5.70. The van der Waals surface area contributed by atoms with Crippen molar-refractivity contribution < 1.29 is 86.8 Å². The number of hydrogen-bond acceptors (Lipinski definition) is 21. The average molecular weight is 714 g/mol. The molecule has 1 aliphatic carbocycles. The first-order valence-electron chi connectivity index (χ1n) is 14.5. The lowest BCUT2D eigenvalue weighted by molar-refractivity contribution is -0.310. The predicted molar refractivity (Wildman–Crippen MR) is 151 cm³/mol. The highest BCUT2D eigenvalue weighted by atomic mass is 32.3. The van der Waals surface area contributed by atoms with Gasteiger partial charge >= 0.3 is 10.4 Å². The maximum Gasteiger partial charge on any atom is 0.394 e. The Morgan fingerprint density at radius 2 is 1.00 bits per heavy atom. The molecule has 0 amide bonds. The predicted octanol–water partition coefficient (Wildman–Crippen LogP) is -9.51. The molecular weight excluding hydrogens is 666 g/mol. The van der Waals surface area contributed by atoms with E-state index >= 15 is 0 Å². The Bertz CT molecular complexity index is 1070. The van der Waals surface area contributed by atoms with Crippen molar-refractivity contribution >= 4 is 10.4 Å². The maximum atomic E-state index is 11.1. The molecule has 0 aromatic carbocycles. The lowest BCUT2D eigenvalue weighted by atomic mass is 9.84. The molecular formula is C23H47N5O18S. The molecule has 0 aromatic heterocycles. The van der Waals surface area contributed by atoms with Crippen LogP contribution in [0.3, 0.4) is 0 Å². The molecule has 4 fully saturated rings. The van der Waals surface area contributed by atoms with Crippen LogP contribution in [-0.4, -0.2) is 194 Å². The molecule has 23 nitrogen and oxygen atoms in total. The van der Waals surface area contributed by atoms with Crippen LogP contribution in [0.2, 0.25) is 0 Å². The van der Waals surface area contributed by atoms with Crippen LogP contribution in [0, 0.1) is 0 Å². The summed E-state index contributed by atoms with van der Waals surface area (Å²) in [7, 11) is -4.67. The minimum absolute atomic E-state index is 0.0642. The molecule has 278 valence electrons. The van der Waals surface area contributed by atoms with Gasteiger partial charge in [0, 0.05) is 18.6 Å². The van der Waals surface area contributed by atoms with Crippen LogP contribution in [-0.2, 0) is 38.8 Å². The molecule has 13 unspecified atom stereocenters. The molecule has 0 bridgehead atoms. The molecule has 0 radical (unpaired) electrons. The van der Waals surface area contributed by atoms with Crippen molar-refractivity contribution in [1.82, 2.24) is 0 Å². The average Bonchev–Trinajstić information content (AvgIpc) is 3.30. The van der Waals surface area contributed by atoms with E-state index in [9.17, 15) is 40.9 Å². The van der Waals surface area contributed by atoms with Crippen LogP contribution in [0.1, 0.15) is 6.42 Å². The zero-order chi connectivity index (χ0) is 35.5. The third-order valence-corrected chi connectivity index (χ3v) is 8.32. The summed E-state index contributed by atoms with van der Waals surface area (Å²) < 4.78 is 66.0. The van der Waals surface area contributed by atoms with Crippen molar-refractivity contribution in [2.24, 2.45) is 28.7 Å². The van der Waals surface area contributed by atoms with Gasteiger partial charge in [0.15, 0.2) is 18.9 Å². The summed E-state index contributed by atoms with van der Waals surface area (Å²) in [4.78, 5) is 0. The van der Waals surface area contributed by atoms with Gasteiger partial charge in [-0.2, -0.15) is 8.42 Å². The lowest BCUT2D eigenvalue weighted by Gasteiger charge is -2.47. The fraction of sp³-hybridized carbons (Fsp3) is 1.00. The van der Waals surface area contributed by atoms with E-state index < -0.39 is 140 Å². The smallest absolute Gasteiger partial charge is 0.394 e. The fourth-order valence-electron chi connectivity index (χ4n) is 5.70. The van der Waals surface area contributed by atoms with Crippen LogP contribution in [0.25, 0.3) is 0 Å². The van der Waals surface area contributed by atoms with Gasteiger partial charge in [0.05, 0.1) is 31.4 Å². The van der Waals surface area contributed by atoms with Crippen molar-refractivity contribution in [3.05, 3.63) is 0 Å². The number of rotatable bonds is 9. The second kappa shape index (κ2) is 16.9. The molecule has 19 atom stereocenters. The second-order valence-electron chi connectivity index (χ2n) is 11.6. The summed E-state index contributed by atoms with van der Waals surface area (Å²) >= 11 is 0. The molecule has 3 aliphatic heterocycles. The maximum absolute atomic E-state index is 11.1. The van der Waals surface area contributed by atoms with Crippen LogP contribution in [0.4, 0.5) is 0 Å². The normalized spacial score (nSPS) is 49.3. The minimum Gasteiger partial charge on any atom is -0.394 e. The zero-order valence-corrected chi connectivity index (χ0v) is 25.6. The van der Waals surface area contributed by atoms with E-state index in [4.69, 9.17) is 74.6 Å². The summed E-state index contributed by atoms with van der Waals surface area (Å²) in [6.45, 7) is -1.49. The van der Waals surface area contributed by atoms with E-state index in [1.165, 1.54) is 0 Å². The van der Waals surface area contributed by atoms with E-state index in [0.717, 1.165) is 0 Å². The molecule has 0 spiro atoms. The molecule has 24 heteroatoms. The third-order valence-electron chi connectivity index (χ3n) is 8.32. The Balaban J connectivity index is 0.00000111. The highest BCUT2D eigenvalue weighted by Gasteiger charge is 2.54. The summed E-state index contributed by atoms with van der Waals surface area (Å²) in [5, 5.41) is 82.3. The third kappa shape index (κ3) is 9.67. The molecule has 4 rings (SSSR count). The Morgan fingerprint density at radius 1 is 0.574 bits per heavy atom. The van der Waals surface area contributed by atoms with Gasteiger partial charge in [-0.25, -0.2) is 0 Å². The molecule has 3 heterocycles. The molecule has 1 saturated carbocycles. The highest BCUT2D eigenvalue weighted by Crippen LogP contribution is 2.34. The summed E-state index contributed by atoms with van der Waals surface area (Å²) in [6, 6.07) is -4.30. The van der Waals surface area contributed by atoms with Gasteiger partial charge in [-0.05, 0) is 6.42 Å². The Morgan fingerprint density at radius 3 is 1.49 bits per heavy atom. The second-order valence-corrected chi connectivity index (χ2v) is 12.5. The summed E-state index contributed by atoms with van der Waals surface area (Å²) in [6.07, 6.45) is -20.5. The van der Waals surface area contributed by atoms with Crippen LogP contribution in [0.5, 0.6) is 0 Å². The standard InChI is InChI=1S/C23H45N5O14.H2O4S/c24-2-7-13(32)15(34)10(27)21(37-7)41-19-9(4-30)39-23(17(19)36)42-20-12(31)5(25)1-6(26)18(20)40-22-11(28)16(35)14(33)8(3-29)38-22;1-5(2,3)4/h5-23,29-36H,1-4,24-28H2;(H2,1,2,3,4)/t5?,6?,7?,8?,9-,10?,11?,12-,13?,14?,15?,16?,17?,18?,19-,20+,21+,22-,23?;/m1./s1. The summed E-state index contributed by atoms with van der Waals surface area (Å²) in [5.41, 5.74) is 29.9. The van der Waals surface area contributed by atoms with Gasteiger partial charge in [-0.1, -0.05) is 0 Å². The van der Waals surface area contributed by atoms with Crippen molar-refractivity contribution in [3.8, 4) is 0 Å². The topological polar surface area (TPSA) is 422 Å². The van der Waals surface area contributed by atoms with Gasteiger partial charge in [0.25, 0.3) is 0 Å². The molecule has 0 aromatic rings. The number of aliphatic hydroxyl groups is 8. The van der Waals surface area contributed by atoms with E-state index in [0.29, 0.717) is 0 Å². The van der Waals surface area contributed by atoms with Crippen molar-refractivity contribution in [2.75, 3.05) is 19.8 Å². The lowest BCUT2D eigenvalue weighted by Crippen LogP contribution is -2.68. The van der Waals surface area contributed by atoms with Gasteiger partial charge < -0.3 is 97.9 Å². The summed E-state index contributed by atoms with van der Waals surface area (Å²) in [5.74, 6) is 0. The van der Waals surface area contributed by atoms with Gasteiger partial charge in [-0.3, -0.25) is 9.11 Å². The zero-order valence-electron chi connectivity index (χ0n) is 24.8. The first-order valence-corrected chi connectivity index (χ1v) is 15.9.